The van der Waals surface area contributed by atoms with Crippen molar-refractivity contribution in [3.05, 3.63) is 64.5 Å². The molecular formula is C19H20BrN3O2. The van der Waals surface area contributed by atoms with Crippen LogP contribution in [0.4, 0.5) is 0 Å². The van der Waals surface area contributed by atoms with E-state index in [1.807, 2.05) is 41.1 Å². The van der Waals surface area contributed by atoms with Crippen molar-refractivity contribution < 1.29 is 9.53 Å². The number of carbonyl (C=O) groups is 1. The number of imidazole rings is 1. The van der Waals surface area contributed by atoms with Crippen molar-refractivity contribution in [2.45, 2.75) is 26.3 Å². The first-order chi connectivity index (χ1) is 12.2. The minimum atomic E-state index is -0.127. The van der Waals surface area contributed by atoms with Crippen LogP contribution in [-0.4, -0.2) is 21.9 Å². The Balaban J connectivity index is 1.57. The van der Waals surface area contributed by atoms with Crippen molar-refractivity contribution in [2.75, 3.05) is 6.61 Å². The maximum Gasteiger partial charge on any atom is 0.251 e. The van der Waals surface area contributed by atoms with Crippen molar-refractivity contribution >= 4 is 27.5 Å². The smallest absolute Gasteiger partial charge is 0.251 e. The van der Waals surface area contributed by atoms with E-state index >= 15 is 0 Å². The monoisotopic (exact) mass is 401 g/mol. The Hall–Kier alpha value is -2.34. The number of hydrogen-bond acceptors (Lipinski definition) is 3. The summed E-state index contributed by atoms with van der Waals surface area (Å²) >= 11 is 3.43. The lowest BCUT2D eigenvalue weighted by Gasteiger charge is -2.07. The topological polar surface area (TPSA) is 55.6 Å². The van der Waals surface area contributed by atoms with Crippen molar-refractivity contribution in [1.29, 1.82) is 0 Å². The van der Waals surface area contributed by atoms with Crippen LogP contribution >= 0.6 is 15.9 Å². The van der Waals surface area contributed by atoms with E-state index in [9.17, 15) is 4.79 Å². The van der Waals surface area contributed by atoms with Gasteiger partial charge in [0.1, 0.15) is 11.4 Å². The van der Waals surface area contributed by atoms with Gasteiger partial charge in [-0.2, -0.15) is 0 Å². The van der Waals surface area contributed by atoms with Crippen LogP contribution in [0.25, 0.3) is 5.65 Å². The van der Waals surface area contributed by atoms with Crippen LogP contribution in [-0.2, 0) is 6.54 Å². The zero-order valence-electron chi connectivity index (χ0n) is 14.0. The molecular weight excluding hydrogens is 382 g/mol. The van der Waals surface area contributed by atoms with Crippen LogP contribution in [0.3, 0.4) is 0 Å². The molecule has 5 nitrogen and oxygen atoms in total. The molecule has 2 aromatic heterocycles. The summed E-state index contributed by atoms with van der Waals surface area (Å²) in [5.41, 5.74) is 2.27. The summed E-state index contributed by atoms with van der Waals surface area (Å²) in [6.07, 6.45) is 5.97. The average Bonchev–Trinajstić information content (AvgIpc) is 3.02. The molecule has 0 aliphatic rings. The van der Waals surface area contributed by atoms with Gasteiger partial charge < -0.3 is 14.5 Å². The number of hydrogen-bond donors (Lipinski definition) is 1. The number of rotatable bonds is 7. The Labute approximate surface area is 155 Å². The highest BCUT2D eigenvalue weighted by atomic mass is 79.9. The van der Waals surface area contributed by atoms with E-state index in [4.69, 9.17) is 4.74 Å². The third-order valence-electron chi connectivity index (χ3n) is 3.78. The van der Waals surface area contributed by atoms with E-state index < -0.39 is 0 Å². The lowest BCUT2D eigenvalue weighted by Crippen LogP contribution is -2.22. The van der Waals surface area contributed by atoms with Gasteiger partial charge in [0.05, 0.1) is 18.8 Å². The summed E-state index contributed by atoms with van der Waals surface area (Å²) in [6.45, 7) is 3.21. The predicted octanol–water partition coefficient (Wildman–Crippen LogP) is 4.21. The van der Waals surface area contributed by atoms with Crippen molar-refractivity contribution in [2.24, 2.45) is 0 Å². The summed E-state index contributed by atoms with van der Waals surface area (Å²) in [6, 6.07) is 11.1. The number of unbranched alkanes of at least 4 members (excludes halogenated alkanes) is 1. The van der Waals surface area contributed by atoms with Gasteiger partial charge in [0, 0.05) is 22.4 Å². The SMILES string of the molecule is CCCCOc1ccc(C(=O)NCc2cn3cc(Br)ccc3n2)cc1. The fourth-order valence-corrected chi connectivity index (χ4v) is 2.76. The number of amides is 1. The van der Waals surface area contributed by atoms with E-state index in [1.54, 1.807) is 12.1 Å². The molecule has 0 saturated heterocycles. The Morgan fingerprint density at radius 3 is 2.76 bits per heavy atom. The second kappa shape index (κ2) is 8.16. The average molecular weight is 402 g/mol. The van der Waals surface area contributed by atoms with Crippen molar-refractivity contribution in [3.63, 3.8) is 0 Å². The number of ether oxygens (including phenoxy) is 1. The fourth-order valence-electron chi connectivity index (χ4n) is 2.41. The molecule has 6 heteroatoms. The van der Waals surface area contributed by atoms with E-state index in [-0.39, 0.29) is 5.91 Å². The predicted molar refractivity (Wildman–Crippen MR) is 101 cm³/mol. The van der Waals surface area contributed by atoms with Crippen LogP contribution in [0.5, 0.6) is 5.75 Å². The second-order valence-corrected chi connectivity index (χ2v) is 6.67. The van der Waals surface area contributed by atoms with Gasteiger partial charge in [-0.15, -0.1) is 0 Å². The molecule has 130 valence electrons. The molecule has 0 bridgehead atoms. The van der Waals surface area contributed by atoms with Crippen molar-refractivity contribution in [3.8, 4) is 5.75 Å². The molecule has 0 aliphatic carbocycles. The van der Waals surface area contributed by atoms with Crippen LogP contribution in [0.2, 0.25) is 0 Å². The van der Waals surface area contributed by atoms with Gasteiger partial charge in [-0.25, -0.2) is 4.98 Å². The van der Waals surface area contributed by atoms with Crippen LogP contribution in [0, 0.1) is 0 Å². The lowest BCUT2D eigenvalue weighted by molar-refractivity contribution is 0.0950. The molecule has 0 aliphatic heterocycles. The Morgan fingerprint density at radius 1 is 1.20 bits per heavy atom. The lowest BCUT2D eigenvalue weighted by atomic mass is 10.2. The normalized spacial score (nSPS) is 10.8. The van der Waals surface area contributed by atoms with Gasteiger partial charge in [0.2, 0.25) is 0 Å². The first-order valence-corrected chi connectivity index (χ1v) is 9.09. The highest BCUT2D eigenvalue weighted by molar-refractivity contribution is 9.10. The van der Waals surface area contributed by atoms with E-state index in [0.717, 1.165) is 34.4 Å². The van der Waals surface area contributed by atoms with E-state index in [0.29, 0.717) is 18.7 Å². The number of nitrogens with one attached hydrogen (secondary N) is 1. The molecule has 0 radical (unpaired) electrons. The number of carbonyl (C=O) groups excluding carboxylic acids is 1. The van der Waals surface area contributed by atoms with Gasteiger partial charge in [-0.1, -0.05) is 13.3 Å². The maximum atomic E-state index is 12.3. The van der Waals surface area contributed by atoms with Gasteiger partial charge in [0.15, 0.2) is 0 Å². The molecule has 0 saturated carbocycles. The summed E-state index contributed by atoms with van der Waals surface area (Å²) in [5, 5.41) is 2.90. The van der Waals surface area contributed by atoms with Gasteiger partial charge in [0.25, 0.3) is 5.91 Å². The third kappa shape index (κ3) is 4.60. The van der Waals surface area contributed by atoms with Gasteiger partial charge in [-0.05, 0) is 58.7 Å². The molecule has 0 spiro atoms. The van der Waals surface area contributed by atoms with E-state index in [1.165, 1.54) is 0 Å². The zero-order valence-corrected chi connectivity index (χ0v) is 15.6. The van der Waals surface area contributed by atoms with Gasteiger partial charge in [-0.3, -0.25) is 4.79 Å². The first-order valence-electron chi connectivity index (χ1n) is 8.30. The summed E-state index contributed by atoms with van der Waals surface area (Å²) in [4.78, 5) is 16.7. The summed E-state index contributed by atoms with van der Waals surface area (Å²) in [7, 11) is 0. The molecule has 0 atom stereocenters. The number of aromatic nitrogens is 2. The highest BCUT2D eigenvalue weighted by Crippen LogP contribution is 2.14. The second-order valence-electron chi connectivity index (χ2n) is 5.75. The first kappa shape index (κ1) is 17.5. The molecule has 1 aromatic carbocycles. The van der Waals surface area contributed by atoms with E-state index in [2.05, 4.69) is 33.2 Å². The number of fused-ring (bicyclic) bond motifs is 1. The summed E-state index contributed by atoms with van der Waals surface area (Å²) in [5.74, 6) is 0.661. The Morgan fingerprint density at radius 2 is 2.00 bits per heavy atom. The third-order valence-corrected chi connectivity index (χ3v) is 4.25. The molecule has 3 aromatic rings. The highest BCUT2D eigenvalue weighted by Gasteiger charge is 2.08. The van der Waals surface area contributed by atoms with Gasteiger partial charge >= 0.3 is 0 Å². The van der Waals surface area contributed by atoms with Crippen LogP contribution in [0.1, 0.15) is 35.8 Å². The number of halogens is 1. The maximum absolute atomic E-state index is 12.3. The van der Waals surface area contributed by atoms with Crippen LogP contribution in [0.15, 0.2) is 53.3 Å². The minimum absolute atomic E-state index is 0.127. The minimum Gasteiger partial charge on any atom is -0.494 e. The van der Waals surface area contributed by atoms with Crippen molar-refractivity contribution in [1.82, 2.24) is 14.7 Å². The molecule has 0 fully saturated rings. The molecule has 3 rings (SSSR count). The number of nitrogens with zero attached hydrogens (tertiary/aromatic N) is 2. The largest absolute Gasteiger partial charge is 0.494 e. The molecule has 2 heterocycles. The standard InChI is InChI=1S/C19H20BrN3O2/c1-2-3-10-25-17-7-4-14(5-8-17)19(24)21-11-16-13-23-12-15(20)6-9-18(23)22-16/h4-9,12-13H,2-3,10-11H2,1H3,(H,21,24). The number of pyridine rings is 1. The fraction of sp³-hybridized carbons (Fsp3) is 0.263. The molecule has 1 N–H and O–H groups in total. The molecule has 1 amide bonds. The Kier molecular flexibility index (Phi) is 5.71. The summed E-state index contributed by atoms with van der Waals surface area (Å²) < 4.78 is 8.51. The molecule has 25 heavy (non-hydrogen) atoms. The Bertz CT molecular complexity index is 859. The molecule has 0 unspecified atom stereocenters. The zero-order chi connectivity index (χ0) is 17.6. The van der Waals surface area contributed by atoms with Crippen LogP contribution < -0.4 is 10.1 Å². The quantitative estimate of drug-likeness (QED) is 0.603. The number of benzene rings is 1.